The van der Waals surface area contributed by atoms with Crippen molar-refractivity contribution in [2.24, 2.45) is 0 Å². The van der Waals surface area contributed by atoms with Gasteiger partial charge in [-0.3, -0.25) is 0 Å². The minimum atomic E-state index is -0.557. The van der Waals surface area contributed by atoms with Gasteiger partial charge in [-0.15, -0.1) is 0 Å². The average Bonchev–Trinajstić information content (AvgIpc) is 2.71. The van der Waals surface area contributed by atoms with Crippen LogP contribution in [0.5, 0.6) is 11.5 Å². The van der Waals surface area contributed by atoms with Crippen LogP contribution in [0.3, 0.4) is 0 Å². The SMILES string of the molecule is CCc1cc2oc(=O)cc(COC(=O)c3ccc(OC)c(OC)c3)c2cc1Cl. The van der Waals surface area contributed by atoms with Gasteiger partial charge in [-0.2, -0.15) is 0 Å². The number of aryl methyl sites for hydroxylation is 1. The van der Waals surface area contributed by atoms with Gasteiger partial charge >= 0.3 is 11.6 Å². The summed E-state index contributed by atoms with van der Waals surface area (Å²) in [6, 6.07) is 9.48. The van der Waals surface area contributed by atoms with Crippen molar-refractivity contribution in [2.45, 2.75) is 20.0 Å². The van der Waals surface area contributed by atoms with Crippen molar-refractivity contribution >= 4 is 28.5 Å². The summed E-state index contributed by atoms with van der Waals surface area (Å²) in [5, 5.41) is 1.19. The highest BCUT2D eigenvalue weighted by atomic mass is 35.5. The van der Waals surface area contributed by atoms with E-state index >= 15 is 0 Å². The molecule has 0 aliphatic rings. The monoisotopic (exact) mass is 402 g/mol. The molecule has 0 unspecified atom stereocenters. The van der Waals surface area contributed by atoms with Crippen molar-refractivity contribution in [3.05, 3.63) is 68.5 Å². The van der Waals surface area contributed by atoms with Gasteiger partial charge in [0, 0.05) is 22.0 Å². The van der Waals surface area contributed by atoms with Gasteiger partial charge in [-0.05, 0) is 42.3 Å². The molecule has 0 atom stereocenters. The fourth-order valence-corrected chi connectivity index (χ4v) is 3.17. The Kier molecular flexibility index (Phi) is 5.90. The molecule has 0 spiro atoms. The van der Waals surface area contributed by atoms with Gasteiger partial charge in [0.25, 0.3) is 0 Å². The van der Waals surface area contributed by atoms with Crippen LogP contribution in [-0.4, -0.2) is 20.2 Å². The fraction of sp³-hybridized carbons (Fsp3) is 0.238. The van der Waals surface area contributed by atoms with Crippen LogP contribution < -0.4 is 15.1 Å². The molecular weight excluding hydrogens is 384 g/mol. The Morgan fingerprint density at radius 2 is 1.79 bits per heavy atom. The van der Waals surface area contributed by atoms with Gasteiger partial charge in [0.2, 0.25) is 0 Å². The smallest absolute Gasteiger partial charge is 0.338 e. The molecule has 0 saturated heterocycles. The fourth-order valence-electron chi connectivity index (χ4n) is 2.87. The maximum atomic E-state index is 12.4. The van der Waals surface area contributed by atoms with Crippen LogP contribution in [0.4, 0.5) is 0 Å². The number of ether oxygens (including phenoxy) is 3. The Labute approximate surface area is 166 Å². The lowest BCUT2D eigenvalue weighted by Gasteiger charge is -2.11. The van der Waals surface area contributed by atoms with Crippen LogP contribution in [0.15, 0.2) is 45.6 Å². The van der Waals surface area contributed by atoms with Gasteiger partial charge < -0.3 is 18.6 Å². The first-order valence-electron chi connectivity index (χ1n) is 8.61. The van der Waals surface area contributed by atoms with Gasteiger partial charge in [-0.25, -0.2) is 9.59 Å². The van der Waals surface area contributed by atoms with Gasteiger partial charge in [-0.1, -0.05) is 18.5 Å². The van der Waals surface area contributed by atoms with Crippen LogP contribution in [0.1, 0.15) is 28.4 Å². The minimum absolute atomic E-state index is 0.100. The molecule has 0 bridgehead atoms. The zero-order valence-electron chi connectivity index (χ0n) is 15.7. The van der Waals surface area contributed by atoms with E-state index in [9.17, 15) is 9.59 Å². The molecule has 3 rings (SSSR count). The number of esters is 1. The molecule has 0 saturated carbocycles. The molecule has 0 amide bonds. The van der Waals surface area contributed by atoms with E-state index in [4.69, 9.17) is 30.2 Å². The van der Waals surface area contributed by atoms with E-state index in [1.165, 1.54) is 26.4 Å². The lowest BCUT2D eigenvalue weighted by atomic mass is 10.1. The first kappa shape index (κ1) is 19.8. The highest BCUT2D eigenvalue weighted by molar-refractivity contribution is 6.32. The number of hydrogen-bond donors (Lipinski definition) is 0. The van der Waals surface area contributed by atoms with E-state index in [1.54, 1.807) is 24.3 Å². The van der Waals surface area contributed by atoms with Crippen LogP contribution in [0.25, 0.3) is 11.0 Å². The highest BCUT2D eigenvalue weighted by Gasteiger charge is 2.15. The van der Waals surface area contributed by atoms with E-state index in [2.05, 4.69) is 0 Å². The summed E-state index contributed by atoms with van der Waals surface area (Å²) in [5.41, 5.74) is 1.58. The molecule has 1 heterocycles. The van der Waals surface area contributed by atoms with Gasteiger partial charge in [0.15, 0.2) is 11.5 Å². The third-order valence-electron chi connectivity index (χ3n) is 4.36. The summed E-state index contributed by atoms with van der Waals surface area (Å²) >= 11 is 6.28. The van der Waals surface area contributed by atoms with Crippen molar-refractivity contribution < 1.29 is 23.4 Å². The zero-order chi connectivity index (χ0) is 20.3. The third kappa shape index (κ3) is 3.97. The highest BCUT2D eigenvalue weighted by Crippen LogP contribution is 2.29. The van der Waals surface area contributed by atoms with Crippen molar-refractivity contribution in [2.75, 3.05) is 14.2 Å². The molecule has 0 aliphatic heterocycles. The molecule has 2 aromatic carbocycles. The van der Waals surface area contributed by atoms with Crippen molar-refractivity contribution in [3.8, 4) is 11.5 Å². The number of benzene rings is 2. The summed E-state index contributed by atoms with van der Waals surface area (Å²) < 4.78 is 21.0. The summed E-state index contributed by atoms with van der Waals surface area (Å²) in [6.45, 7) is 1.86. The average molecular weight is 403 g/mol. The van der Waals surface area contributed by atoms with Gasteiger partial charge in [0.1, 0.15) is 12.2 Å². The second-order valence-electron chi connectivity index (χ2n) is 6.03. The predicted octanol–water partition coefficient (Wildman–Crippen LogP) is 4.38. The molecule has 6 nitrogen and oxygen atoms in total. The van der Waals surface area contributed by atoms with Crippen LogP contribution in [0.2, 0.25) is 5.02 Å². The number of carbonyl (C=O) groups is 1. The Morgan fingerprint density at radius 1 is 1.04 bits per heavy atom. The normalized spacial score (nSPS) is 10.7. The van der Waals surface area contributed by atoms with Crippen LogP contribution in [0, 0.1) is 0 Å². The molecule has 0 N–H and O–H groups in total. The van der Waals surface area contributed by atoms with Crippen LogP contribution >= 0.6 is 11.6 Å². The van der Waals surface area contributed by atoms with Crippen LogP contribution in [-0.2, 0) is 17.8 Å². The van der Waals surface area contributed by atoms with E-state index in [0.717, 1.165) is 5.56 Å². The summed E-state index contributed by atoms with van der Waals surface area (Å²) in [7, 11) is 2.99. The largest absolute Gasteiger partial charge is 0.493 e. The Bertz CT molecular complexity index is 1090. The minimum Gasteiger partial charge on any atom is -0.493 e. The van der Waals surface area contributed by atoms with E-state index in [0.29, 0.717) is 45.0 Å². The number of hydrogen-bond acceptors (Lipinski definition) is 6. The molecule has 146 valence electrons. The summed E-state index contributed by atoms with van der Waals surface area (Å²) in [4.78, 5) is 24.3. The molecule has 7 heteroatoms. The molecule has 0 radical (unpaired) electrons. The molecule has 28 heavy (non-hydrogen) atoms. The maximum absolute atomic E-state index is 12.4. The topological polar surface area (TPSA) is 75.0 Å². The molecule has 1 aromatic heterocycles. The Morgan fingerprint density at radius 3 is 2.46 bits per heavy atom. The number of halogens is 1. The second-order valence-corrected chi connectivity index (χ2v) is 6.44. The Balaban J connectivity index is 1.88. The van der Waals surface area contributed by atoms with E-state index < -0.39 is 11.6 Å². The predicted molar refractivity (Wildman–Crippen MR) is 106 cm³/mol. The number of carbonyl (C=O) groups excluding carboxylic acids is 1. The first-order valence-corrected chi connectivity index (χ1v) is 8.99. The first-order chi connectivity index (χ1) is 13.5. The Hall–Kier alpha value is -2.99. The summed E-state index contributed by atoms with van der Waals surface area (Å²) in [5.74, 6) is 0.368. The number of methoxy groups -OCH3 is 2. The van der Waals surface area contributed by atoms with E-state index in [1.807, 2.05) is 6.92 Å². The van der Waals surface area contributed by atoms with Crippen molar-refractivity contribution in [3.63, 3.8) is 0 Å². The quantitative estimate of drug-likeness (QED) is 0.450. The maximum Gasteiger partial charge on any atom is 0.338 e. The zero-order valence-corrected chi connectivity index (χ0v) is 16.5. The van der Waals surface area contributed by atoms with E-state index in [-0.39, 0.29) is 6.61 Å². The molecular formula is C21H19ClO6. The van der Waals surface area contributed by atoms with Crippen molar-refractivity contribution in [1.82, 2.24) is 0 Å². The third-order valence-corrected chi connectivity index (χ3v) is 4.71. The number of rotatable bonds is 6. The molecule has 0 aliphatic carbocycles. The van der Waals surface area contributed by atoms with Crippen molar-refractivity contribution in [1.29, 1.82) is 0 Å². The number of fused-ring (bicyclic) bond motifs is 1. The second kappa shape index (κ2) is 8.35. The standard InChI is InChI=1S/C21H19ClO6/c1-4-12-7-18-15(10-16(12)22)14(9-20(23)28-18)11-27-21(24)13-5-6-17(25-2)19(8-13)26-3/h5-10H,4,11H2,1-3H3. The lowest BCUT2D eigenvalue weighted by Crippen LogP contribution is -2.08. The summed E-state index contributed by atoms with van der Waals surface area (Å²) in [6.07, 6.45) is 0.705. The van der Waals surface area contributed by atoms with Gasteiger partial charge in [0.05, 0.1) is 19.8 Å². The lowest BCUT2D eigenvalue weighted by molar-refractivity contribution is 0.0473. The molecule has 3 aromatic rings. The molecule has 0 fully saturated rings.